The van der Waals surface area contributed by atoms with E-state index in [9.17, 15) is 5.21 Å². The Hall–Kier alpha value is -1.78. The van der Waals surface area contributed by atoms with Crippen LogP contribution in [0.5, 0.6) is 5.88 Å². The van der Waals surface area contributed by atoms with Crippen LogP contribution in [0.1, 0.15) is 53.0 Å². The Morgan fingerprint density at radius 1 is 1.36 bits per heavy atom. The molecule has 0 radical (unpaired) electrons. The second-order valence-electron chi connectivity index (χ2n) is 7.31. The molecular weight excluding hydrogens is 278 g/mol. The van der Waals surface area contributed by atoms with Crippen LogP contribution in [0.3, 0.4) is 0 Å². The van der Waals surface area contributed by atoms with E-state index >= 15 is 0 Å². The maximum absolute atomic E-state index is 9.59. The van der Waals surface area contributed by atoms with Crippen molar-refractivity contribution in [2.75, 3.05) is 6.61 Å². The molecule has 122 valence electrons. The lowest BCUT2D eigenvalue weighted by Gasteiger charge is -2.29. The first-order chi connectivity index (χ1) is 10.3. The summed E-state index contributed by atoms with van der Waals surface area (Å²) in [7, 11) is 0. The summed E-state index contributed by atoms with van der Waals surface area (Å²) >= 11 is 0. The van der Waals surface area contributed by atoms with Crippen molar-refractivity contribution in [3.8, 4) is 5.88 Å². The van der Waals surface area contributed by atoms with Gasteiger partial charge in [-0.1, -0.05) is 25.9 Å². The fourth-order valence-corrected chi connectivity index (χ4v) is 2.82. The molecule has 1 aliphatic rings. The van der Waals surface area contributed by atoms with Gasteiger partial charge in [0.15, 0.2) is 5.84 Å². The molecule has 2 atom stereocenters. The zero-order chi connectivity index (χ0) is 16.3. The van der Waals surface area contributed by atoms with E-state index in [1.807, 2.05) is 12.1 Å². The molecule has 0 spiro atoms. The van der Waals surface area contributed by atoms with E-state index in [-0.39, 0.29) is 5.41 Å². The van der Waals surface area contributed by atoms with E-state index in [2.05, 4.69) is 49.7 Å². The van der Waals surface area contributed by atoms with Crippen molar-refractivity contribution in [1.82, 2.24) is 9.88 Å². The molecule has 5 nitrogen and oxygen atoms in total. The van der Waals surface area contributed by atoms with Gasteiger partial charge in [-0.15, -0.1) is 0 Å². The number of oxime groups is 1. The molecule has 2 unspecified atom stereocenters. The van der Waals surface area contributed by atoms with E-state index < -0.39 is 0 Å². The van der Waals surface area contributed by atoms with Crippen molar-refractivity contribution in [3.63, 3.8) is 0 Å². The minimum absolute atomic E-state index is 0.0412. The average molecular weight is 305 g/mol. The third-order valence-electron chi connectivity index (χ3n) is 3.95. The van der Waals surface area contributed by atoms with Crippen molar-refractivity contribution in [2.45, 2.75) is 59.5 Å². The molecular formula is C17H27N3O2. The lowest BCUT2D eigenvalue weighted by Crippen LogP contribution is -2.39. The molecule has 2 heterocycles. The Labute approximate surface area is 133 Å². The van der Waals surface area contributed by atoms with E-state index in [4.69, 9.17) is 4.74 Å². The summed E-state index contributed by atoms with van der Waals surface area (Å²) in [5, 5.41) is 13.2. The zero-order valence-electron chi connectivity index (χ0n) is 14.2. The van der Waals surface area contributed by atoms with Crippen molar-refractivity contribution in [1.29, 1.82) is 0 Å². The Balaban J connectivity index is 2.30. The highest BCUT2D eigenvalue weighted by Gasteiger charge is 2.32. The van der Waals surface area contributed by atoms with Crippen molar-refractivity contribution >= 4 is 5.84 Å². The highest BCUT2D eigenvalue weighted by atomic mass is 16.5. The summed E-state index contributed by atoms with van der Waals surface area (Å²) < 4.78 is 5.88. The van der Waals surface area contributed by atoms with Gasteiger partial charge in [0.25, 0.3) is 0 Å². The van der Waals surface area contributed by atoms with E-state index in [0.29, 0.717) is 30.4 Å². The number of rotatable bonds is 3. The van der Waals surface area contributed by atoms with Gasteiger partial charge in [-0.2, -0.15) is 0 Å². The Kier molecular flexibility index (Phi) is 4.94. The fourth-order valence-electron chi connectivity index (χ4n) is 2.82. The average Bonchev–Trinajstić information content (AvgIpc) is 2.78. The van der Waals surface area contributed by atoms with Crippen molar-refractivity contribution in [2.24, 2.45) is 10.6 Å². The Bertz CT molecular complexity index is 527. The highest BCUT2D eigenvalue weighted by molar-refractivity contribution is 6.00. The van der Waals surface area contributed by atoms with E-state index in [1.165, 1.54) is 0 Å². The Morgan fingerprint density at radius 2 is 2.00 bits per heavy atom. The van der Waals surface area contributed by atoms with Gasteiger partial charge in [-0.05, 0) is 44.2 Å². The number of hydrogen-bond donors (Lipinski definition) is 1. The van der Waals surface area contributed by atoms with Crippen LogP contribution >= 0.6 is 0 Å². The van der Waals surface area contributed by atoms with Crippen LogP contribution < -0.4 is 4.74 Å². The summed E-state index contributed by atoms with van der Waals surface area (Å²) in [5.74, 6) is 1.08. The SMILES string of the molecule is CC1CCC(C)N1/C(=N\O)c1cccnc1OCC(C)(C)C. The molecule has 22 heavy (non-hydrogen) atoms. The number of likely N-dealkylation sites (tertiary alicyclic amines) is 1. The molecule has 1 aliphatic heterocycles. The standard InChI is InChI=1S/C17H27N3O2/c1-12-8-9-13(2)20(12)15(19-21)14-7-6-10-18-16(14)22-11-17(3,4)5/h6-7,10,12-13,21H,8-9,11H2,1-5H3/b19-15-. The molecule has 1 aromatic heterocycles. The second kappa shape index (κ2) is 6.55. The Morgan fingerprint density at radius 3 is 2.55 bits per heavy atom. The summed E-state index contributed by atoms with van der Waals surface area (Å²) in [5.41, 5.74) is 0.786. The summed E-state index contributed by atoms with van der Waals surface area (Å²) in [4.78, 5) is 6.48. The molecule has 0 aromatic carbocycles. The van der Waals surface area contributed by atoms with Crippen molar-refractivity contribution in [3.05, 3.63) is 23.9 Å². The second-order valence-corrected chi connectivity index (χ2v) is 7.31. The van der Waals surface area contributed by atoms with Gasteiger partial charge in [-0.25, -0.2) is 4.98 Å². The molecule has 0 amide bonds. The molecule has 1 saturated heterocycles. The van der Waals surface area contributed by atoms with Gasteiger partial charge in [-0.3, -0.25) is 0 Å². The van der Waals surface area contributed by atoms with Gasteiger partial charge in [0.1, 0.15) is 0 Å². The third kappa shape index (κ3) is 3.70. The smallest absolute Gasteiger partial charge is 0.224 e. The van der Waals surface area contributed by atoms with Gasteiger partial charge in [0.2, 0.25) is 5.88 Å². The molecule has 1 fully saturated rings. The zero-order valence-corrected chi connectivity index (χ0v) is 14.2. The van der Waals surface area contributed by atoms with E-state index in [0.717, 1.165) is 18.4 Å². The number of nitrogens with zero attached hydrogens (tertiary/aromatic N) is 3. The number of pyridine rings is 1. The molecule has 5 heteroatoms. The first kappa shape index (κ1) is 16.6. The van der Waals surface area contributed by atoms with Crippen LogP contribution in [0.2, 0.25) is 0 Å². The normalized spacial score (nSPS) is 23.0. The van der Waals surface area contributed by atoms with E-state index in [1.54, 1.807) is 6.20 Å². The lowest BCUT2D eigenvalue weighted by atomic mass is 9.99. The number of aromatic nitrogens is 1. The van der Waals surface area contributed by atoms with Crippen LogP contribution in [0.4, 0.5) is 0 Å². The molecule has 2 rings (SSSR count). The van der Waals surface area contributed by atoms with Crippen LogP contribution in [0.25, 0.3) is 0 Å². The molecule has 1 aromatic rings. The van der Waals surface area contributed by atoms with Gasteiger partial charge < -0.3 is 14.8 Å². The predicted molar refractivity (Wildman–Crippen MR) is 87.5 cm³/mol. The summed E-state index contributed by atoms with van der Waals surface area (Å²) in [6, 6.07) is 4.43. The minimum Gasteiger partial charge on any atom is -0.477 e. The largest absolute Gasteiger partial charge is 0.477 e. The van der Waals surface area contributed by atoms with Gasteiger partial charge >= 0.3 is 0 Å². The lowest BCUT2D eigenvalue weighted by molar-refractivity contribution is 0.190. The molecule has 0 bridgehead atoms. The number of amidine groups is 1. The highest BCUT2D eigenvalue weighted by Crippen LogP contribution is 2.29. The molecule has 0 aliphatic carbocycles. The summed E-state index contributed by atoms with van der Waals surface area (Å²) in [6.07, 6.45) is 3.89. The monoisotopic (exact) mass is 305 g/mol. The number of ether oxygens (including phenoxy) is 1. The quantitative estimate of drug-likeness (QED) is 0.402. The molecule has 0 saturated carbocycles. The first-order valence-corrected chi connectivity index (χ1v) is 7.92. The van der Waals surface area contributed by atoms with Crippen molar-refractivity contribution < 1.29 is 9.94 Å². The van der Waals surface area contributed by atoms with Crippen LogP contribution in [-0.2, 0) is 0 Å². The predicted octanol–water partition coefficient (Wildman–Crippen LogP) is 3.52. The van der Waals surface area contributed by atoms with Crippen LogP contribution in [0.15, 0.2) is 23.5 Å². The topological polar surface area (TPSA) is 58.0 Å². The maximum atomic E-state index is 9.59. The third-order valence-corrected chi connectivity index (χ3v) is 3.95. The van der Waals surface area contributed by atoms with Gasteiger partial charge in [0.05, 0.1) is 12.2 Å². The summed E-state index contributed by atoms with van der Waals surface area (Å²) in [6.45, 7) is 11.2. The first-order valence-electron chi connectivity index (χ1n) is 7.92. The minimum atomic E-state index is 0.0412. The van der Waals surface area contributed by atoms with Crippen LogP contribution in [-0.4, -0.2) is 39.6 Å². The van der Waals surface area contributed by atoms with Crippen LogP contribution in [0, 0.1) is 5.41 Å². The van der Waals surface area contributed by atoms with Gasteiger partial charge in [0, 0.05) is 18.3 Å². The number of hydrogen-bond acceptors (Lipinski definition) is 4. The maximum Gasteiger partial charge on any atom is 0.224 e. The fraction of sp³-hybridized carbons (Fsp3) is 0.647. The molecule has 1 N–H and O–H groups in total.